The van der Waals surface area contributed by atoms with E-state index in [0.717, 1.165) is 29.8 Å². The lowest BCUT2D eigenvalue weighted by Crippen LogP contribution is -2.45. The van der Waals surface area contributed by atoms with Crippen molar-refractivity contribution in [3.05, 3.63) is 57.8 Å². The van der Waals surface area contributed by atoms with E-state index in [4.69, 9.17) is 4.74 Å². The van der Waals surface area contributed by atoms with Crippen molar-refractivity contribution in [2.75, 3.05) is 13.1 Å². The first-order chi connectivity index (χ1) is 12.5. The van der Waals surface area contributed by atoms with Crippen molar-refractivity contribution in [3.63, 3.8) is 0 Å². The molecule has 1 atom stereocenters. The molecule has 2 aromatic rings. The fourth-order valence-electron chi connectivity index (χ4n) is 3.00. The number of hydrogen-bond acceptors (Lipinski definition) is 5. The molecule has 0 aromatic carbocycles. The largest absolute Gasteiger partial charge is 0.370 e. The summed E-state index contributed by atoms with van der Waals surface area (Å²) in [4.78, 5) is 30.6. The smallest absolute Gasteiger partial charge is 0.267 e. The van der Waals surface area contributed by atoms with E-state index in [1.54, 1.807) is 11.1 Å². The van der Waals surface area contributed by atoms with Gasteiger partial charge in [0.15, 0.2) is 0 Å². The lowest BCUT2D eigenvalue weighted by atomic mass is 10.1. The second-order valence-electron chi connectivity index (χ2n) is 6.64. The molecule has 1 aliphatic rings. The maximum atomic E-state index is 12.6. The van der Waals surface area contributed by atoms with Crippen LogP contribution in [0.2, 0.25) is 0 Å². The zero-order chi connectivity index (χ0) is 18.5. The van der Waals surface area contributed by atoms with E-state index in [0.29, 0.717) is 19.7 Å². The first kappa shape index (κ1) is 18.3. The number of hydrogen-bond donors (Lipinski definition) is 0. The third-order valence-corrected chi connectivity index (χ3v) is 4.64. The van der Waals surface area contributed by atoms with E-state index in [2.05, 4.69) is 10.1 Å². The van der Waals surface area contributed by atoms with E-state index in [9.17, 15) is 9.59 Å². The molecule has 1 fully saturated rings. The molecule has 1 saturated heterocycles. The predicted molar refractivity (Wildman–Crippen MR) is 96.6 cm³/mol. The summed E-state index contributed by atoms with van der Waals surface area (Å²) in [5, 5.41) is 4.22. The molecule has 0 N–H and O–H groups in total. The molecule has 0 aliphatic carbocycles. The SMILES string of the molecule is Cc1cc(=O)n(CC(=O)N2CCC[C@@H](OCc3ccccn3)C2)nc1C. The molecule has 2 aromatic heterocycles. The molecule has 3 heterocycles. The van der Waals surface area contributed by atoms with Crippen molar-refractivity contribution >= 4 is 5.91 Å². The van der Waals surface area contributed by atoms with Gasteiger partial charge >= 0.3 is 0 Å². The Balaban J connectivity index is 1.58. The molecular weight excluding hydrogens is 332 g/mol. The van der Waals surface area contributed by atoms with Crippen LogP contribution >= 0.6 is 0 Å². The second-order valence-corrected chi connectivity index (χ2v) is 6.64. The predicted octanol–water partition coefficient (Wildman–Crippen LogP) is 1.46. The summed E-state index contributed by atoms with van der Waals surface area (Å²) in [6.07, 6.45) is 3.52. The van der Waals surface area contributed by atoms with Crippen LogP contribution in [0.1, 0.15) is 29.8 Å². The topological polar surface area (TPSA) is 77.3 Å². The molecule has 7 nitrogen and oxygen atoms in total. The third kappa shape index (κ3) is 4.54. The first-order valence-corrected chi connectivity index (χ1v) is 8.87. The third-order valence-electron chi connectivity index (χ3n) is 4.64. The summed E-state index contributed by atoms with van der Waals surface area (Å²) < 4.78 is 7.16. The highest BCUT2D eigenvalue weighted by Crippen LogP contribution is 2.15. The van der Waals surface area contributed by atoms with Gasteiger partial charge in [0.25, 0.3) is 5.56 Å². The maximum absolute atomic E-state index is 12.6. The summed E-state index contributed by atoms with van der Waals surface area (Å²) in [5.74, 6) is -0.103. The molecule has 1 amide bonds. The van der Waals surface area contributed by atoms with E-state index in [1.807, 2.05) is 32.0 Å². The van der Waals surface area contributed by atoms with Crippen molar-refractivity contribution < 1.29 is 9.53 Å². The van der Waals surface area contributed by atoms with Gasteiger partial charge in [0, 0.05) is 25.4 Å². The highest BCUT2D eigenvalue weighted by atomic mass is 16.5. The minimum absolute atomic E-state index is 0.0147. The van der Waals surface area contributed by atoms with Gasteiger partial charge < -0.3 is 9.64 Å². The molecule has 0 bridgehead atoms. The van der Waals surface area contributed by atoms with E-state index < -0.39 is 0 Å². The monoisotopic (exact) mass is 356 g/mol. The van der Waals surface area contributed by atoms with Gasteiger partial charge in [-0.05, 0) is 44.4 Å². The van der Waals surface area contributed by atoms with Crippen LogP contribution in [0.4, 0.5) is 0 Å². The fourth-order valence-corrected chi connectivity index (χ4v) is 3.00. The number of nitrogens with zero attached hydrogens (tertiary/aromatic N) is 4. The van der Waals surface area contributed by atoms with Crippen LogP contribution in [0.3, 0.4) is 0 Å². The molecule has 7 heteroatoms. The van der Waals surface area contributed by atoms with Crippen LogP contribution in [-0.2, 0) is 22.7 Å². The number of ether oxygens (including phenoxy) is 1. The summed E-state index contributed by atoms with van der Waals surface area (Å²) in [5.41, 5.74) is 2.22. The Kier molecular flexibility index (Phi) is 5.78. The minimum atomic E-state index is -0.249. The summed E-state index contributed by atoms with van der Waals surface area (Å²) in [7, 11) is 0. The van der Waals surface area contributed by atoms with Gasteiger partial charge in [0.2, 0.25) is 5.91 Å². The quantitative estimate of drug-likeness (QED) is 0.811. The average Bonchev–Trinajstić information content (AvgIpc) is 2.65. The van der Waals surface area contributed by atoms with Gasteiger partial charge in [-0.1, -0.05) is 6.07 Å². The van der Waals surface area contributed by atoms with E-state index >= 15 is 0 Å². The van der Waals surface area contributed by atoms with Gasteiger partial charge in [0.05, 0.1) is 24.1 Å². The van der Waals surface area contributed by atoms with E-state index in [1.165, 1.54) is 10.7 Å². The number of carbonyl (C=O) groups excluding carboxylic acids is 1. The lowest BCUT2D eigenvalue weighted by Gasteiger charge is -2.32. The summed E-state index contributed by atoms with van der Waals surface area (Å²) in [6, 6.07) is 7.23. The van der Waals surface area contributed by atoms with Gasteiger partial charge in [-0.3, -0.25) is 14.6 Å². The Labute approximate surface area is 152 Å². The fraction of sp³-hybridized carbons (Fsp3) is 0.474. The first-order valence-electron chi connectivity index (χ1n) is 8.87. The van der Waals surface area contributed by atoms with Crippen LogP contribution in [-0.4, -0.2) is 44.8 Å². The Bertz CT molecular complexity index is 819. The number of amides is 1. The normalized spacial score (nSPS) is 17.3. The second kappa shape index (κ2) is 8.23. The number of pyridine rings is 1. The van der Waals surface area contributed by atoms with Crippen LogP contribution in [0.25, 0.3) is 0 Å². The van der Waals surface area contributed by atoms with Gasteiger partial charge in [0.1, 0.15) is 6.54 Å². The zero-order valence-corrected chi connectivity index (χ0v) is 15.2. The number of rotatable bonds is 5. The van der Waals surface area contributed by atoms with Crippen molar-refractivity contribution in [1.29, 1.82) is 0 Å². The van der Waals surface area contributed by atoms with Gasteiger partial charge in [-0.25, -0.2) is 4.68 Å². The lowest BCUT2D eigenvalue weighted by molar-refractivity contribution is -0.136. The van der Waals surface area contributed by atoms with Crippen molar-refractivity contribution in [3.8, 4) is 0 Å². The maximum Gasteiger partial charge on any atom is 0.267 e. The van der Waals surface area contributed by atoms with Gasteiger partial charge in [-0.15, -0.1) is 0 Å². The number of likely N-dealkylation sites (tertiary alicyclic amines) is 1. The van der Waals surface area contributed by atoms with Crippen LogP contribution in [0, 0.1) is 13.8 Å². The molecule has 0 unspecified atom stereocenters. The molecule has 1 aliphatic heterocycles. The standard InChI is InChI=1S/C19H24N4O3/c1-14-10-18(24)23(21-15(14)2)12-19(25)22-9-5-7-17(11-22)26-13-16-6-3-4-8-20-16/h3-4,6,8,10,17H,5,7,9,11-13H2,1-2H3/t17-/m1/s1. The highest BCUT2D eigenvalue weighted by molar-refractivity contribution is 5.76. The summed E-state index contributed by atoms with van der Waals surface area (Å²) >= 11 is 0. The molecule has 0 saturated carbocycles. The Morgan fingerprint density at radius 1 is 1.35 bits per heavy atom. The number of aromatic nitrogens is 3. The number of aryl methyl sites for hydroxylation is 2. The molecule has 138 valence electrons. The van der Waals surface area contributed by atoms with Crippen molar-refractivity contribution in [1.82, 2.24) is 19.7 Å². The Morgan fingerprint density at radius 3 is 2.96 bits per heavy atom. The molecular formula is C19H24N4O3. The van der Waals surface area contributed by atoms with Crippen LogP contribution in [0.15, 0.2) is 35.3 Å². The van der Waals surface area contributed by atoms with Crippen molar-refractivity contribution in [2.45, 2.75) is 45.9 Å². The van der Waals surface area contributed by atoms with E-state index in [-0.39, 0.29) is 24.1 Å². The average molecular weight is 356 g/mol. The molecule has 26 heavy (non-hydrogen) atoms. The molecule has 0 spiro atoms. The Morgan fingerprint density at radius 2 is 2.19 bits per heavy atom. The van der Waals surface area contributed by atoms with Crippen LogP contribution < -0.4 is 5.56 Å². The van der Waals surface area contributed by atoms with Crippen molar-refractivity contribution in [2.24, 2.45) is 0 Å². The summed E-state index contributed by atoms with van der Waals surface area (Å²) in [6.45, 7) is 5.29. The Hall–Kier alpha value is -2.54. The van der Waals surface area contributed by atoms with Gasteiger partial charge in [-0.2, -0.15) is 5.10 Å². The highest BCUT2D eigenvalue weighted by Gasteiger charge is 2.25. The van der Waals surface area contributed by atoms with Crippen LogP contribution in [0.5, 0.6) is 0 Å². The molecule has 3 rings (SSSR count). The molecule has 0 radical (unpaired) electrons. The minimum Gasteiger partial charge on any atom is -0.370 e. The number of carbonyl (C=O) groups is 1. The zero-order valence-electron chi connectivity index (χ0n) is 15.2. The number of piperidine rings is 1.